The van der Waals surface area contributed by atoms with Gasteiger partial charge < -0.3 is 10.1 Å². The third-order valence-corrected chi connectivity index (χ3v) is 3.44. The van der Waals surface area contributed by atoms with Gasteiger partial charge in [0.1, 0.15) is 10.8 Å². The van der Waals surface area contributed by atoms with E-state index < -0.39 is 6.61 Å². The topological polar surface area (TPSA) is 34.2 Å². The molecule has 0 aliphatic rings. The van der Waals surface area contributed by atoms with E-state index in [0.717, 1.165) is 22.8 Å². The molecule has 1 heterocycles. The average molecular weight is 298 g/mol. The zero-order valence-electron chi connectivity index (χ0n) is 11.3. The quantitative estimate of drug-likeness (QED) is 0.878. The van der Waals surface area contributed by atoms with E-state index in [1.807, 2.05) is 5.38 Å². The lowest BCUT2D eigenvalue weighted by Crippen LogP contribution is -2.21. The number of rotatable bonds is 6. The third-order valence-electron chi connectivity index (χ3n) is 2.59. The van der Waals surface area contributed by atoms with Crippen molar-refractivity contribution < 1.29 is 13.5 Å². The Labute approximate surface area is 120 Å². The molecule has 0 spiro atoms. The molecule has 0 amide bonds. The molecule has 0 unspecified atom stereocenters. The van der Waals surface area contributed by atoms with Gasteiger partial charge in [-0.15, -0.1) is 11.3 Å². The number of hydrogen-bond donors (Lipinski definition) is 1. The molecule has 0 atom stereocenters. The van der Waals surface area contributed by atoms with E-state index in [2.05, 4.69) is 28.9 Å². The van der Waals surface area contributed by atoms with E-state index in [0.29, 0.717) is 6.04 Å². The molecular weight excluding hydrogens is 282 g/mol. The Morgan fingerprint density at radius 3 is 2.55 bits per heavy atom. The molecular formula is C14H16F2N2OS. The number of nitrogens with zero attached hydrogens (tertiary/aromatic N) is 1. The summed E-state index contributed by atoms with van der Waals surface area (Å²) in [5, 5.41) is 6.26. The molecule has 2 rings (SSSR count). The Morgan fingerprint density at radius 1 is 1.25 bits per heavy atom. The second-order valence-electron chi connectivity index (χ2n) is 4.56. The highest BCUT2D eigenvalue weighted by molar-refractivity contribution is 7.09. The van der Waals surface area contributed by atoms with Crippen LogP contribution in [0.15, 0.2) is 29.6 Å². The van der Waals surface area contributed by atoms with Crippen molar-refractivity contribution in [3.8, 4) is 17.0 Å². The number of ether oxygens (including phenoxy) is 1. The first kappa shape index (κ1) is 14.9. The SMILES string of the molecule is CC(C)NCc1nc(-c2ccc(OC(F)F)cc2)cs1. The molecule has 1 N–H and O–H groups in total. The zero-order valence-corrected chi connectivity index (χ0v) is 12.1. The maximum absolute atomic E-state index is 12.1. The minimum atomic E-state index is -2.80. The predicted octanol–water partition coefficient (Wildman–Crippen LogP) is 3.91. The first-order valence-electron chi connectivity index (χ1n) is 6.27. The van der Waals surface area contributed by atoms with Crippen LogP contribution in [-0.2, 0) is 6.54 Å². The van der Waals surface area contributed by atoms with E-state index in [9.17, 15) is 8.78 Å². The van der Waals surface area contributed by atoms with E-state index in [1.165, 1.54) is 12.1 Å². The van der Waals surface area contributed by atoms with Gasteiger partial charge in [-0.1, -0.05) is 13.8 Å². The second kappa shape index (κ2) is 6.76. The summed E-state index contributed by atoms with van der Waals surface area (Å²) >= 11 is 1.58. The Kier molecular flexibility index (Phi) is 5.03. The molecule has 1 aromatic carbocycles. The minimum Gasteiger partial charge on any atom is -0.435 e. The average Bonchev–Trinajstić information content (AvgIpc) is 2.85. The van der Waals surface area contributed by atoms with Crippen molar-refractivity contribution in [2.75, 3.05) is 0 Å². The Morgan fingerprint density at radius 2 is 1.95 bits per heavy atom. The molecule has 3 nitrogen and oxygen atoms in total. The summed E-state index contributed by atoms with van der Waals surface area (Å²) in [7, 11) is 0. The maximum Gasteiger partial charge on any atom is 0.387 e. The van der Waals surface area contributed by atoms with Crippen LogP contribution in [0.3, 0.4) is 0 Å². The first-order chi connectivity index (χ1) is 9.54. The Hall–Kier alpha value is -1.53. The summed E-state index contributed by atoms with van der Waals surface area (Å²) in [4.78, 5) is 4.51. The van der Waals surface area contributed by atoms with E-state index in [1.54, 1.807) is 23.5 Å². The lowest BCUT2D eigenvalue weighted by atomic mass is 10.2. The molecule has 20 heavy (non-hydrogen) atoms. The molecule has 0 fully saturated rings. The van der Waals surface area contributed by atoms with Gasteiger partial charge in [0.25, 0.3) is 0 Å². The molecule has 108 valence electrons. The molecule has 0 radical (unpaired) electrons. The number of thiazole rings is 1. The van der Waals surface area contributed by atoms with Crippen LogP contribution in [0.25, 0.3) is 11.3 Å². The van der Waals surface area contributed by atoms with E-state index >= 15 is 0 Å². The zero-order chi connectivity index (χ0) is 14.5. The molecule has 6 heteroatoms. The van der Waals surface area contributed by atoms with Crippen LogP contribution in [0.4, 0.5) is 8.78 Å². The van der Waals surface area contributed by atoms with Crippen molar-refractivity contribution in [2.24, 2.45) is 0 Å². The molecule has 0 bridgehead atoms. The van der Waals surface area contributed by atoms with Gasteiger partial charge in [-0.2, -0.15) is 8.78 Å². The van der Waals surface area contributed by atoms with Crippen molar-refractivity contribution >= 4 is 11.3 Å². The fourth-order valence-corrected chi connectivity index (χ4v) is 2.38. The van der Waals surface area contributed by atoms with Crippen molar-refractivity contribution in [2.45, 2.75) is 33.0 Å². The summed E-state index contributed by atoms with van der Waals surface area (Å²) in [6, 6.07) is 6.91. The number of halogens is 2. The van der Waals surface area contributed by atoms with Gasteiger partial charge in [0.05, 0.1) is 5.69 Å². The van der Waals surface area contributed by atoms with Crippen molar-refractivity contribution in [1.82, 2.24) is 10.3 Å². The Bertz CT molecular complexity index is 540. The largest absolute Gasteiger partial charge is 0.435 e. The van der Waals surface area contributed by atoms with Gasteiger partial charge in [-0.05, 0) is 24.3 Å². The molecule has 0 aliphatic heterocycles. The maximum atomic E-state index is 12.1. The van der Waals surface area contributed by atoms with E-state index in [-0.39, 0.29) is 5.75 Å². The van der Waals surface area contributed by atoms with Crippen LogP contribution < -0.4 is 10.1 Å². The molecule has 1 aromatic heterocycles. The minimum absolute atomic E-state index is 0.153. The van der Waals surface area contributed by atoms with Crippen LogP contribution in [0.2, 0.25) is 0 Å². The summed E-state index contributed by atoms with van der Waals surface area (Å²) < 4.78 is 28.4. The van der Waals surface area contributed by atoms with Crippen LogP contribution in [-0.4, -0.2) is 17.6 Å². The monoisotopic (exact) mass is 298 g/mol. The smallest absolute Gasteiger partial charge is 0.387 e. The van der Waals surface area contributed by atoms with Gasteiger partial charge in [0.15, 0.2) is 0 Å². The summed E-state index contributed by atoms with van der Waals surface area (Å²) in [5.41, 5.74) is 1.73. The number of benzene rings is 1. The highest BCUT2D eigenvalue weighted by Gasteiger charge is 2.07. The fraction of sp³-hybridized carbons (Fsp3) is 0.357. The number of hydrogen-bond acceptors (Lipinski definition) is 4. The normalized spacial score (nSPS) is 11.3. The fourth-order valence-electron chi connectivity index (χ4n) is 1.62. The van der Waals surface area contributed by atoms with Crippen LogP contribution in [0, 0.1) is 0 Å². The molecule has 0 saturated heterocycles. The van der Waals surface area contributed by atoms with Gasteiger partial charge in [-0.25, -0.2) is 4.98 Å². The third kappa shape index (κ3) is 4.25. The van der Waals surface area contributed by atoms with Crippen molar-refractivity contribution in [3.63, 3.8) is 0 Å². The van der Waals surface area contributed by atoms with Crippen LogP contribution in [0.1, 0.15) is 18.9 Å². The van der Waals surface area contributed by atoms with Gasteiger partial charge >= 0.3 is 6.61 Å². The van der Waals surface area contributed by atoms with Gasteiger partial charge in [-0.3, -0.25) is 0 Å². The Balaban J connectivity index is 2.04. The lowest BCUT2D eigenvalue weighted by Gasteiger charge is -2.05. The predicted molar refractivity (Wildman–Crippen MR) is 76.2 cm³/mol. The highest BCUT2D eigenvalue weighted by Crippen LogP contribution is 2.24. The molecule has 2 aromatic rings. The van der Waals surface area contributed by atoms with Gasteiger partial charge in [0.2, 0.25) is 0 Å². The van der Waals surface area contributed by atoms with Crippen LogP contribution in [0.5, 0.6) is 5.75 Å². The molecule has 0 aliphatic carbocycles. The first-order valence-corrected chi connectivity index (χ1v) is 7.15. The summed E-state index contributed by atoms with van der Waals surface area (Å²) in [6.45, 7) is 2.09. The van der Waals surface area contributed by atoms with Crippen molar-refractivity contribution in [1.29, 1.82) is 0 Å². The standard InChI is InChI=1S/C14H16F2N2OS/c1-9(2)17-7-13-18-12(8-20-13)10-3-5-11(6-4-10)19-14(15)16/h3-6,8-9,14,17H,7H2,1-2H3. The number of aromatic nitrogens is 1. The number of alkyl halides is 2. The number of nitrogens with one attached hydrogen (secondary N) is 1. The van der Waals surface area contributed by atoms with Crippen LogP contribution >= 0.6 is 11.3 Å². The highest BCUT2D eigenvalue weighted by atomic mass is 32.1. The summed E-state index contributed by atoms with van der Waals surface area (Å²) in [5.74, 6) is 0.153. The van der Waals surface area contributed by atoms with Crippen molar-refractivity contribution in [3.05, 3.63) is 34.7 Å². The molecule has 0 saturated carbocycles. The lowest BCUT2D eigenvalue weighted by molar-refractivity contribution is -0.0498. The second-order valence-corrected chi connectivity index (χ2v) is 5.51. The van der Waals surface area contributed by atoms with E-state index in [4.69, 9.17) is 0 Å². The van der Waals surface area contributed by atoms with Gasteiger partial charge in [0, 0.05) is 23.5 Å². The summed E-state index contributed by atoms with van der Waals surface area (Å²) in [6.07, 6.45) is 0.